The molecule has 2 aromatic rings. The summed E-state index contributed by atoms with van der Waals surface area (Å²) < 4.78 is 16.5. The van der Waals surface area contributed by atoms with Gasteiger partial charge in [0.05, 0.1) is 5.41 Å². The molecule has 1 aliphatic rings. The van der Waals surface area contributed by atoms with Gasteiger partial charge in [0.15, 0.2) is 5.67 Å². The van der Waals surface area contributed by atoms with E-state index in [9.17, 15) is 0 Å². The molecule has 118 valence electrons. The molecule has 2 aromatic carbocycles. The minimum atomic E-state index is -1.65. The van der Waals surface area contributed by atoms with Gasteiger partial charge in [0, 0.05) is 5.03 Å². The lowest BCUT2D eigenvalue weighted by molar-refractivity contribution is 0.141. The van der Waals surface area contributed by atoms with Crippen LogP contribution in [0.5, 0.6) is 0 Å². The topological polar surface area (TPSA) is 0 Å². The van der Waals surface area contributed by atoms with Crippen LogP contribution in [-0.2, 0) is 11.1 Å². The van der Waals surface area contributed by atoms with Crippen LogP contribution >= 0.6 is 11.6 Å². The lowest BCUT2D eigenvalue weighted by Crippen LogP contribution is -2.43. The van der Waals surface area contributed by atoms with Gasteiger partial charge in [-0.15, -0.1) is 0 Å². The van der Waals surface area contributed by atoms with Gasteiger partial charge in [0.2, 0.25) is 0 Å². The van der Waals surface area contributed by atoms with Gasteiger partial charge >= 0.3 is 0 Å². The summed E-state index contributed by atoms with van der Waals surface area (Å²) in [4.78, 5) is 0. The number of aryl methyl sites for hydroxylation is 2. The van der Waals surface area contributed by atoms with Crippen LogP contribution in [0.25, 0.3) is 0 Å². The maximum Gasteiger partial charge on any atom is 0.167 e. The van der Waals surface area contributed by atoms with Crippen LogP contribution in [0.15, 0.2) is 71.8 Å². The molecule has 0 saturated heterocycles. The van der Waals surface area contributed by atoms with Gasteiger partial charge in [-0.2, -0.15) is 0 Å². The van der Waals surface area contributed by atoms with E-state index in [1.807, 2.05) is 75.4 Å². The van der Waals surface area contributed by atoms with Crippen LogP contribution in [0.2, 0.25) is 0 Å². The molecule has 0 radical (unpaired) electrons. The van der Waals surface area contributed by atoms with Gasteiger partial charge < -0.3 is 0 Å². The van der Waals surface area contributed by atoms with Crippen LogP contribution in [0.4, 0.5) is 4.39 Å². The molecule has 2 atom stereocenters. The Balaban J connectivity index is 2.30. The minimum absolute atomic E-state index is 0.567. The van der Waals surface area contributed by atoms with Crippen LogP contribution in [0, 0.1) is 13.8 Å². The van der Waals surface area contributed by atoms with Crippen LogP contribution in [-0.4, -0.2) is 0 Å². The van der Waals surface area contributed by atoms with E-state index in [-0.39, 0.29) is 0 Å². The lowest BCUT2D eigenvalue weighted by atomic mass is 9.63. The molecule has 0 aliphatic heterocycles. The Hall–Kier alpha value is -1.86. The fourth-order valence-electron chi connectivity index (χ4n) is 3.58. The summed E-state index contributed by atoms with van der Waals surface area (Å²) in [6, 6.07) is 15.6. The van der Waals surface area contributed by atoms with Crippen molar-refractivity contribution in [3.8, 4) is 0 Å². The highest BCUT2D eigenvalue weighted by Crippen LogP contribution is 2.52. The molecule has 2 unspecified atom stereocenters. The van der Waals surface area contributed by atoms with Gasteiger partial charge in [-0.25, -0.2) is 4.39 Å². The zero-order chi connectivity index (χ0) is 16.7. The van der Waals surface area contributed by atoms with Gasteiger partial charge in [0.1, 0.15) is 0 Å². The van der Waals surface area contributed by atoms with Crippen molar-refractivity contribution in [1.82, 2.24) is 0 Å². The molecule has 0 N–H and O–H groups in total. The first-order valence-electron chi connectivity index (χ1n) is 7.77. The second-order valence-electron chi connectivity index (χ2n) is 6.41. The third-order valence-corrected chi connectivity index (χ3v) is 5.13. The van der Waals surface area contributed by atoms with Gasteiger partial charge in [-0.3, -0.25) is 0 Å². The molecule has 23 heavy (non-hydrogen) atoms. The Morgan fingerprint density at radius 2 is 1.39 bits per heavy atom. The van der Waals surface area contributed by atoms with E-state index in [2.05, 4.69) is 0 Å². The van der Waals surface area contributed by atoms with Crippen molar-refractivity contribution >= 4 is 11.6 Å². The summed E-state index contributed by atoms with van der Waals surface area (Å²) in [6.07, 6.45) is 5.10. The molecule has 0 fully saturated rings. The van der Waals surface area contributed by atoms with E-state index in [4.69, 9.17) is 11.6 Å². The molecule has 0 nitrogen and oxygen atoms in total. The summed E-state index contributed by atoms with van der Waals surface area (Å²) in [5, 5.41) is 0.567. The van der Waals surface area contributed by atoms with Crippen molar-refractivity contribution < 1.29 is 4.39 Å². The molecule has 0 aromatic heterocycles. The van der Waals surface area contributed by atoms with E-state index in [1.165, 1.54) is 0 Å². The standard InChI is InChI=1S/C21H20ClF/c1-15-8-4-6-10-18(15)20(3)14-17(22)12-13-21(20,23)19-11-7-5-9-16(19)2/h4-14H,1-3H3. The van der Waals surface area contributed by atoms with E-state index < -0.39 is 11.1 Å². The molecule has 2 heteroatoms. The summed E-state index contributed by atoms with van der Waals surface area (Å²) in [7, 11) is 0. The minimum Gasteiger partial charge on any atom is -0.233 e. The van der Waals surface area contributed by atoms with Crippen molar-refractivity contribution in [1.29, 1.82) is 0 Å². The number of rotatable bonds is 2. The van der Waals surface area contributed by atoms with Gasteiger partial charge in [0.25, 0.3) is 0 Å². The molecule has 0 spiro atoms. The van der Waals surface area contributed by atoms with Crippen LogP contribution in [0.3, 0.4) is 0 Å². The highest BCUT2D eigenvalue weighted by molar-refractivity contribution is 6.31. The molecule has 0 heterocycles. The SMILES string of the molecule is Cc1ccccc1C1(C)C=C(Cl)C=CC1(F)c1ccccc1C. The molecule has 1 aliphatic carbocycles. The molecule has 3 rings (SSSR count). The van der Waals surface area contributed by atoms with Crippen molar-refractivity contribution in [3.05, 3.63) is 94.0 Å². The first-order valence-corrected chi connectivity index (χ1v) is 8.15. The monoisotopic (exact) mass is 326 g/mol. The molecule has 0 saturated carbocycles. The predicted octanol–water partition coefficient (Wildman–Crippen LogP) is 6.12. The van der Waals surface area contributed by atoms with Crippen LogP contribution < -0.4 is 0 Å². The first kappa shape index (κ1) is 16.0. The third kappa shape index (κ3) is 2.44. The van der Waals surface area contributed by atoms with Gasteiger partial charge in [-0.05, 0) is 55.2 Å². The highest BCUT2D eigenvalue weighted by Gasteiger charge is 2.51. The van der Waals surface area contributed by atoms with Crippen molar-refractivity contribution in [2.24, 2.45) is 0 Å². The summed E-state index contributed by atoms with van der Waals surface area (Å²) >= 11 is 6.27. The largest absolute Gasteiger partial charge is 0.233 e. The Labute approximate surface area is 142 Å². The zero-order valence-electron chi connectivity index (χ0n) is 13.6. The second-order valence-corrected chi connectivity index (χ2v) is 6.84. The van der Waals surface area contributed by atoms with Crippen LogP contribution in [0.1, 0.15) is 29.2 Å². The van der Waals surface area contributed by atoms with E-state index >= 15 is 4.39 Å². The second kappa shape index (κ2) is 5.65. The number of benzene rings is 2. The summed E-state index contributed by atoms with van der Waals surface area (Å²) in [5.74, 6) is 0. The fraction of sp³-hybridized carbons (Fsp3) is 0.238. The molecular weight excluding hydrogens is 307 g/mol. The third-order valence-electron chi connectivity index (χ3n) is 4.90. The average Bonchev–Trinajstić information content (AvgIpc) is 2.52. The Morgan fingerprint density at radius 1 is 0.870 bits per heavy atom. The van der Waals surface area contributed by atoms with E-state index in [1.54, 1.807) is 12.2 Å². The van der Waals surface area contributed by atoms with Crippen molar-refractivity contribution in [3.63, 3.8) is 0 Å². The number of hydrogen-bond acceptors (Lipinski definition) is 0. The fourth-order valence-corrected chi connectivity index (χ4v) is 3.86. The number of hydrogen-bond donors (Lipinski definition) is 0. The van der Waals surface area contributed by atoms with Crippen molar-refractivity contribution in [2.45, 2.75) is 31.9 Å². The number of allylic oxidation sites excluding steroid dienone is 4. The molecule has 0 amide bonds. The Morgan fingerprint density at radius 3 is 1.96 bits per heavy atom. The first-order chi connectivity index (χ1) is 10.9. The van der Waals surface area contributed by atoms with E-state index in [0.29, 0.717) is 10.6 Å². The maximum absolute atomic E-state index is 16.5. The summed E-state index contributed by atoms with van der Waals surface area (Å²) in [6.45, 7) is 5.88. The van der Waals surface area contributed by atoms with Gasteiger partial charge in [-0.1, -0.05) is 66.2 Å². The van der Waals surface area contributed by atoms with E-state index in [0.717, 1.165) is 16.7 Å². The maximum atomic E-state index is 16.5. The summed E-state index contributed by atoms with van der Waals surface area (Å²) in [5.41, 5.74) is 1.11. The highest BCUT2D eigenvalue weighted by atomic mass is 35.5. The average molecular weight is 327 g/mol. The lowest BCUT2D eigenvalue weighted by Gasteiger charge is -2.43. The normalized spacial score (nSPS) is 26.9. The number of alkyl halides is 1. The smallest absolute Gasteiger partial charge is 0.167 e. The number of halogens is 2. The Bertz CT molecular complexity index is 805. The molecular formula is C21H20ClF. The van der Waals surface area contributed by atoms with Crippen molar-refractivity contribution in [2.75, 3.05) is 0 Å². The predicted molar refractivity (Wildman–Crippen MR) is 95.6 cm³/mol. The Kier molecular flexibility index (Phi) is 3.93. The quantitative estimate of drug-likeness (QED) is 0.623. The zero-order valence-corrected chi connectivity index (χ0v) is 14.4. The molecule has 0 bridgehead atoms.